The van der Waals surface area contributed by atoms with Gasteiger partial charge in [-0.25, -0.2) is 0 Å². The number of anilines is 1. The second kappa shape index (κ2) is 4.93. The lowest BCUT2D eigenvalue weighted by Gasteiger charge is -2.23. The summed E-state index contributed by atoms with van der Waals surface area (Å²) in [6.07, 6.45) is 2.17. The van der Waals surface area contributed by atoms with Crippen LogP contribution in [0.1, 0.15) is 35.8 Å². The van der Waals surface area contributed by atoms with Gasteiger partial charge in [0.25, 0.3) is 0 Å². The molecule has 4 nitrogen and oxygen atoms in total. The highest BCUT2D eigenvalue weighted by molar-refractivity contribution is 7.10. The summed E-state index contributed by atoms with van der Waals surface area (Å²) in [5.74, 6) is 0.0745. The molecule has 1 fully saturated rings. The summed E-state index contributed by atoms with van der Waals surface area (Å²) in [5.41, 5.74) is 1.55. The Morgan fingerprint density at radius 1 is 1.62 bits per heavy atom. The van der Waals surface area contributed by atoms with E-state index in [9.17, 15) is 4.79 Å². The van der Waals surface area contributed by atoms with E-state index >= 15 is 0 Å². The first kappa shape index (κ1) is 11.5. The Balaban J connectivity index is 2.11. The average molecular weight is 240 g/mol. The number of aromatic nitrogens is 1. The third-order valence-corrected chi connectivity index (χ3v) is 3.58. The van der Waals surface area contributed by atoms with Gasteiger partial charge in [0.05, 0.1) is 23.9 Å². The van der Waals surface area contributed by atoms with Gasteiger partial charge in [0.2, 0.25) is 0 Å². The Bertz CT molecular complexity index is 383. The van der Waals surface area contributed by atoms with Crippen LogP contribution >= 0.6 is 11.5 Å². The molecule has 1 unspecified atom stereocenters. The summed E-state index contributed by atoms with van der Waals surface area (Å²) in [6, 6.07) is 0.312. The van der Waals surface area contributed by atoms with Crippen molar-refractivity contribution in [1.82, 2.24) is 4.37 Å². The van der Waals surface area contributed by atoms with Crippen LogP contribution in [-0.2, 0) is 4.74 Å². The van der Waals surface area contributed by atoms with Gasteiger partial charge in [-0.15, -0.1) is 0 Å². The predicted octanol–water partition coefficient (Wildman–Crippen LogP) is 2.25. The van der Waals surface area contributed by atoms with Crippen molar-refractivity contribution in [3.63, 3.8) is 0 Å². The van der Waals surface area contributed by atoms with Crippen LogP contribution < -0.4 is 5.32 Å². The molecular weight excluding hydrogens is 224 g/mol. The molecule has 16 heavy (non-hydrogen) atoms. The molecule has 0 radical (unpaired) electrons. The van der Waals surface area contributed by atoms with Gasteiger partial charge in [-0.1, -0.05) is 0 Å². The number of Topliss-reactive ketones (excluding diaryl/α,β-unsaturated/α-hetero) is 1. The van der Waals surface area contributed by atoms with E-state index in [1.165, 1.54) is 11.5 Å². The topological polar surface area (TPSA) is 51.2 Å². The van der Waals surface area contributed by atoms with Gasteiger partial charge in [0.1, 0.15) is 5.00 Å². The van der Waals surface area contributed by atoms with E-state index in [0.717, 1.165) is 35.7 Å². The molecule has 88 valence electrons. The molecule has 0 aliphatic carbocycles. The molecule has 1 aromatic rings. The number of nitrogens with one attached hydrogen (secondary N) is 1. The van der Waals surface area contributed by atoms with Crippen molar-refractivity contribution < 1.29 is 9.53 Å². The molecular formula is C11H16N2O2S. The number of hydrogen-bond donors (Lipinski definition) is 1. The average Bonchev–Trinajstić information content (AvgIpc) is 2.61. The molecule has 0 bridgehead atoms. The van der Waals surface area contributed by atoms with Crippen molar-refractivity contribution in [2.45, 2.75) is 32.7 Å². The molecule has 5 heteroatoms. The highest BCUT2D eigenvalue weighted by Gasteiger charge is 2.19. The van der Waals surface area contributed by atoms with Crippen LogP contribution in [-0.4, -0.2) is 29.4 Å². The van der Waals surface area contributed by atoms with Crippen LogP contribution in [0.3, 0.4) is 0 Å². The zero-order valence-electron chi connectivity index (χ0n) is 9.58. The van der Waals surface area contributed by atoms with Crippen LogP contribution in [0.15, 0.2) is 0 Å². The van der Waals surface area contributed by atoms with E-state index < -0.39 is 0 Å². The van der Waals surface area contributed by atoms with E-state index in [4.69, 9.17) is 4.74 Å². The fourth-order valence-corrected chi connectivity index (χ4v) is 2.84. The molecule has 0 aromatic carbocycles. The fourth-order valence-electron chi connectivity index (χ4n) is 1.92. The lowest BCUT2D eigenvalue weighted by atomic mass is 10.1. The summed E-state index contributed by atoms with van der Waals surface area (Å²) in [6.45, 7) is 5.02. The lowest BCUT2D eigenvalue weighted by Crippen LogP contribution is -2.30. The lowest BCUT2D eigenvalue weighted by molar-refractivity contribution is 0.0876. The Kier molecular flexibility index (Phi) is 3.56. The summed E-state index contributed by atoms with van der Waals surface area (Å²) in [7, 11) is 0. The molecule has 2 rings (SSSR count). The van der Waals surface area contributed by atoms with E-state index in [1.807, 2.05) is 6.92 Å². The minimum Gasteiger partial charge on any atom is -0.379 e. The SMILES string of the molecule is CC(=O)c1c(C)nsc1NC1CCCOC1. The number of nitrogens with zero attached hydrogens (tertiary/aromatic N) is 1. The number of ether oxygens (including phenoxy) is 1. The number of carbonyl (C=O) groups excluding carboxylic acids is 1. The van der Waals surface area contributed by atoms with E-state index in [-0.39, 0.29) is 5.78 Å². The first-order valence-electron chi connectivity index (χ1n) is 5.50. The number of rotatable bonds is 3. The molecule has 2 heterocycles. The van der Waals surface area contributed by atoms with Crippen molar-refractivity contribution >= 4 is 22.3 Å². The minimum absolute atomic E-state index is 0.0745. The zero-order valence-corrected chi connectivity index (χ0v) is 10.4. The maximum Gasteiger partial charge on any atom is 0.164 e. The summed E-state index contributed by atoms with van der Waals surface area (Å²) >= 11 is 1.36. The van der Waals surface area contributed by atoms with E-state index in [0.29, 0.717) is 12.6 Å². The fraction of sp³-hybridized carbons (Fsp3) is 0.636. The number of aryl methyl sites for hydroxylation is 1. The quantitative estimate of drug-likeness (QED) is 0.823. The van der Waals surface area contributed by atoms with E-state index in [1.54, 1.807) is 6.92 Å². The van der Waals surface area contributed by atoms with Gasteiger partial charge in [0.15, 0.2) is 5.78 Å². The third-order valence-electron chi connectivity index (χ3n) is 2.71. The normalized spacial score (nSPS) is 20.8. The van der Waals surface area contributed by atoms with Crippen molar-refractivity contribution in [3.05, 3.63) is 11.3 Å². The number of ketones is 1. The van der Waals surface area contributed by atoms with Crippen LogP contribution in [0.5, 0.6) is 0 Å². The van der Waals surface area contributed by atoms with Gasteiger partial charge in [0, 0.05) is 6.61 Å². The Morgan fingerprint density at radius 3 is 3.06 bits per heavy atom. The van der Waals surface area contributed by atoms with Crippen LogP contribution in [0.25, 0.3) is 0 Å². The van der Waals surface area contributed by atoms with Crippen molar-refractivity contribution in [2.24, 2.45) is 0 Å². The van der Waals surface area contributed by atoms with Crippen LogP contribution in [0, 0.1) is 6.92 Å². The zero-order chi connectivity index (χ0) is 11.5. The van der Waals surface area contributed by atoms with E-state index in [2.05, 4.69) is 9.69 Å². The Morgan fingerprint density at radius 2 is 2.44 bits per heavy atom. The van der Waals surface area contributed by atoms with Gasteiger partial charge < -0.3 is 10.1 Å². The monoisotopic (exact) mass is 240 g/mol. The van der Waals surface area contributed by atoms with Crippen LogP contribution in [0.2, 0.25) is 0 Å². The Hall–Kier alpha value is -0.940. The Labute approximate surface area is 99.2 Å². The molecule has 0 amide bonds. The van der Waals surface area contributed by atoms with Crippen LogP contribution in [0.4, 0.5) is 5.00 Å². The van der Waals surface area contributed by atoms with Crippen molar-refractivity contribution in [1.29, 1.82) is 0 Å². The predicted molar refractivity (Wildman–Crippen MR) is 64.3 cm³/mol. The summed E-state index contributed by atoms with van der Waals surface area (Å²) < 4.78 is 9.62. The number of carbonyl (C=O) groups is 1. The van der Waals surface area contributed by atoms with Crippen molar-refractivity contribution in [2.75, 3.05) is 18.5 Å². The molecule has 1 aromatic heterocycles. The minimum atomic E-state index is 0.0745. The summed E-state index contributed by atoms with van der Waals surface area (Å²) in [5, 5.41) is 4.25. The first-order valence-corrected chi connectivity index (χ1v) is 6.27. The van der Waals surface area contributed by atoms with Gasteiger partial charge in [-0.2, -0.15) is 4.37 Å². The maximum atomic E-state index is 11.5. The second-order valence-electron chi connectivity index (χ2n) is 4.09. The molecule has 1 atom stereocenters. The molecule has 1 saturated heterocycles. The molecule has 1 aliphatic rings. The van der Waals surface area contributed by atoms with Gasteiger partial charge in [-0.3, -0.25) is 4.79 Å². The maximum absolute atomic E-state index is 11.5. The highest BCUT2D eigenvalue weighted by Crippen LogP contribution is 2.26. The van der Waals surface area contributed by atoms with Gasteiger partial charge >= 0.3 is 0 Å². The third kappa shape index (κ3) is 2.41. The molecule has 1 N–H and O–H groups in total. The molecule has 0 spiro atoms. The summed E-state index contributed by atoms with van der Waals surface area (Å²) in [4.78, 5) is 11.5. The highest BCUT2D eigenvalue weighted by atomic mass is 32.1. The molecule has 1 aliphatic heterocycles. The first-order chi connectivity index (χ1) is 7.68. The van der Waals surface area contributed by atoms with Crippen molar-refractivity contribution in [3.8, 4) is 0 Å². The van der Waals surface area contributed by atoms with Gasteiger partial charge in [-0.05, 0) is 38.2 Å². The number of hydrogen-bond acceptors (Lipinski definition) is 5. The standard InChI is InChI=1S/C11H16N2O2S/c1-7-10(8(2)14)11(16-13-7)12-9-4-3-5-15-6-9/h9,12H,3-6H2,1-2H3. The smallest absolute Gasteiger partial charge is 0.164 e. The largest absolute Gasteiger partial charge is 0.379 e. The molecule has 0 saturated carbocycles. The second-order valence-corrected chi connectivity index (χ2v) is 4.86.